The summed E-state index contributed by atoms with van der Waals surface area (Å²) in [7, 11) is 0. The first-order valence-corrected chi connectivity index (χ1v) is 7.73. The Hall–Kier alpha value is -3.33. The zero-order chi connectivity index (χ0) is 16.7. The number of anilines is 2. The van der Waals surface area contributed by atoms with Crippen molar-refractivity contribution in [3.05, 3.63) is 83.9 Å². The zero-order valence-electron chi connectivity index (χ0n) is 13.0. The van der Waals surface area contributed by atoms with Gasteiger partial charge in [0.05, 0.1) is 0 Å². The number of carbonyl (C=O) groups is 1. The van der Waals surface area contributed by atoms with Crippen LogP contribution in [0.5, 0.6) is 0 Å². The van der Waals surface area contributed by atoms with Gasteiger partial charge in [-0.25, -0.2) is 0 Å². The van der Waals surface area contributed by atoms with Crippen LogP contribution in [0.25, 0.3) is 21.5 Å². The summed E-state index contributed by atoms with van der Waals surface area (Å²) in [5, 5.41) is 4.06. The Balaban J connectivity index is 1.77. The van der Waals surface area contributed by atoms with Gasteiger partial charge >= 0.3 is 0 Å². The van der Waals surface area contributed by atoms with Crippen LogP contribution >= 0.6 is 0 Å². The average molecular weight is 312 g/mol. The lowest BCUT2D eigenvalue weighted by atomic mass is 9.97. The van der Waals surface area contributed by atoms with Crippen LogP contribution in [0.4, 0.5) is 11.4 Å². The monoisotopic (exact) mass is 312 g/mol. The minimum absolute atomic E-state index is 0.00690. The highest BCUT2D eigenvalue weighted by molar-refractivity contribution is 6.12. The van der Waals surface area contributed by atoms with Crippen molar-refractivity contribution in [3.63, 3.8) is 0 Å². The number of nitrogen functional groups attached to an aromatic ring is 2. The van der Waals surface area contributed by atoms with Crippen molar-refractivity contribution in [1.82, 2.24) is 0 Å². The quantitative estimate of drug-likeness (QED) is 0.426. The fraction of sp³-hybridized carbons (Fsp3) is 0. The summed E-state index contributed by atoms with van der Waals surface area (Å²) in [6.45, 7) is 0. The number of ketones is 1. The van der Waals surface area contributed by atoms with Crippen LogP contribution in [0.2, 0.25) is 0 Å². The summed E-state index contributed by atoms with van der Waals surface area (Å²) in [6, 6.07) is 22.7. The normalized spacial score (nSPS) is 11.0. The fourth-order valence-corrected chi connectivity index (χ4v) is 2.98. The van der Waals surface area contributed by atoms with Crippen molar-refractivity contribution >= 4 is 38.7 Å². The summed E-state index contributed by atoms with van der Waals surface area (Å²) in [6.07, 6.45) is 0. The van der Waals surface area contributed by atoms with Gasteiger partial charge in [0.2, 0.25) is 0 Å². The molecular formula is C21H16N2O. The van der Waals surface area contributed by atoms with Crippen LogP contribution in [0.15, 0.2) is 72.8 Å². The lowest BCUT2D eigenvalue weighted by Crippen LogP contribution is -2.01. The molecule has 116 valence electrons. The smallest absolute Gasteiger partial charge is 0.193 e. The highest BCUT2D eigenvalue weighted by atomic mass is 16.1. The minimum Gasteiger partial charge on any atom is -0.399 e. The van der Waals surface area contributed by atoms with Gasteiger partial charge in [-0.15, -0.1) is 0 Å². The van der Waals surface area contributed by atoms with Gasteiger partial charge in [0.15, 0.2) is 5.78 Å². The molecule has 0 heterocycles. The van der Waals surface area contributed by atoms with E-state index in [1.165, 1.54) is 0 Å². The van der Waals surface area contributed by atoms with Crippen LogP contribution in [-0.2, 0) is 0 Å². The molecule has 0 radical (unpaired) electrons. The van der Waals surface area contributed by atoms with Crippen molar-refractivity contribution in [1.29, 1.82) is 0 Å². The van der Waals surface area contributed by atoms with Crippen molar-refractivity contribution in [2.75, 3.05) is 11.5 Å². The molecule has 0 aliphatic rings. The molecule has 4 aromatic carbocycles. The maximum atomic E-state index is 12.8. The molecule has 4 aromatic rings. The molecule has 0 bridgehead atoms. The second-order valence-corrected chi connectivity index (χ2v) is 5.97. The van der Waals surface area contributed by atoms with Gasteiger partial charge in [-0.1, -0.05) is 36.4 Å². The van der Waals surface area contributed by atoms with Crippen molar-refractivity contribution in [3.8, 4) is 0 Å². The van der Waals surface area contributed by atoms with Crippen molar-refractivity contribution in [2.24, 2.45) is 0 Å². The first kappa shape index (κ1) is 14.3. The van der Waals surface area contributed by atoms with Crippen molar-refractivity contribution < 1.29 is 4.79 Å². The van der Waals surface area contributed by atoms with Crippen molar-refractivity contribution in [2.45, 2.75) is 0 Å². The molecule has 4 rings (SSSR count). The average Bonchev–Trinajstić information content (AvgIpc) is 2.60. The van der Waals surface area contributed by atoms with E-state index in [1.807, 2.05) is 72.8 Å². The molecule has 0 saturated carbocycles. The molecule has 0 spiro atoms. The van der Waals surface area contributed by atoms with E-state index in [1.54, 1.807) is 0 Å². The molecule has 24 heavy (non-hydrogen) atoms. The number of rotatable bonds is 2. The first-order chi connectivity index (χ1) is 11.6. The fourth-order valence-electron chi connectivity index (χ4n) is 2.98. The number of fused-ring (bicyclic) bond motifs is 2. The molecule has 0 atom stereocenters. The van der Waals surface area contributed by atoms with Crippen LogP contribution in [0.3, 0.4) is 0 Å². The van der Waals surface area contributed by atoms with E-state index in [4.69, 9.17) is 11.5 Å². The lowest BCUT2D eigenvalue weighted by Gasteiger charge is -2.06. The maximum absolute atomic E-state index is 12.8. The van der Waals surface area contributed by atoms with Gasteiger partial charge in [0.25, 0.3) is 0 Å². The van der Waals surface area contributed by atoms with E-state index >= 15 is 0 Å². The number of hydrogen-bond donors (Lipinski definition) is 2. The van der Waals surface area contributed by atoms with Crippen LogP contribution in [0, 0.1) is 0 Å². The summed E-state index contributed by atoms with van der Waals surface area (Å²) in [5.41, 5.74) is 14.4. The highest BCUT2D eigenvalue weighted by Gasteiger charge is 2.10. The standard InChI is InChI=1S/C21H16N2O/c22-19-7-5-13-9-17(3-1-15(13)11-19)21(24)18-4-2-16-12-20(23)8-6-14(16)10-18/h1-12H,22-23H2. The molecule has 4 N–H and O–H groups in total. The molecule has 0 fully saturated rings. The Bertz CT molecular complexity index is 1010. The topological polar surface area (TPSA) is 69.1 Å². The molecule has 0 saturated heterocycles. The zero-order valence-corrected chi connectivity index (χ0v) is 13.0. The Labute approximate surface area is 139 Å². The second-order valence-electron chi connectivity index (χ2n) is 5.97. The van der Waals surface area contributed by atoms with Gasteiger partial charge < -0.3 is 11.5 Å². The van der Waals surface area contributed by atoms with Gasteiger partial charge in [0, 0.05) is 22.5 Å². The number of hydrogen-bond acceptors (Lipinski definition) is 3. The van der Waals surface area contributed by atoms with Gasteiger partial charge in [-0.05, 0) is 57.9 Å². The molecule has 3 heteroatoms. The van der Waals surface area contributed by atoms with E-state index in [0.29, 0.717) is 11.1 Å². The van der Waals surface area contributed by atoms with Gasteiger partial charge in [-0.2, -0.15) is 0 Å². The van der Waals surface area contributed by atoms with Crippen LogP contribution < -0.4 is 11.5 Å². The number of carbonyl (C=O) groups excluding carboxylic acids is 1. The predicted octanol–water partition coefficient (Wildman–Crippen LogP) is 4.39. The largest absolute Gasteiger partial charge is 0.399 e. The third-order valence-electron chi connectivity index (χ3n) is 4.25. The predicted molar refractivity (Wildman–Crippen MR) is 100 cm³/mol. The Kier molecular flexibility index (Phi) is 3.21. The van der Waals surface area contributed by atoms with Gasteiger partial charge in [-0.3, -0.25) is 4.79 Å². The summed E-state index contributed by atoms with van der Waals surface area (Å²) >= 11 is 0. The molecular weight excluding hydrogens is 296 g/mol. The third-order valence-corrected chi connectivity index (χ3v) is 4.25. The van der Waals surface area contributed by atoms with E-state index in [0.717, 1.165) is 32.9 Å². The summed E-state index contributed by atoms with van der Waals surface area (Å²) < 4.78 is 0. The SMILES string of the molecule is Nc1ccc2cc(C(=O)c3ccc4cc(N)ccc4c3)ccc2c1. The Morgan fingerprint density at radius 3 is 1.38 bits per heavy atom. The second kappa shape index (κ2) is 5.39. The lowest BCUT2D eigenvalue weighted by molar-refractivity contribution is 0.103. The van der Waals surface area contributed by atoms with E-state index in [9.17, 15) is 4.79 Å². The summed E-state index contributed by atoms with van der Waals surface area (Å²) in [5.74, 6) is 0.00690. The van der Waals surface area contributed by atoms with E-state index in [2.05, 4.69) is 0 Å². The molecule has 0 aliphatic carbocycles. The molecule has 3 nitrogen and oxygen atoms in total. The van der Waals surface area contributed by atoms with Crippen LogP contribution in [0.1, 0.15) is 15.9 Å². The molecule has 0 aromatic heterocycles. The number of benzene rings is 4. The third kappa shape index (κ3) is 2.46. The molecule has 0 aliphatic heterocycles. The van der Waals surface area contributed by atoms with E-state index < -0.39 is 0 Å². The van der Waals surface area contributed by atoms with Gasteiger partial charge in [0.1, 0.15) is 0 Å². The highest BCUT2D eigenvalue weighted by Crippen LogP contribution is 2.23. The Morgan fingerprint density at radius 1 is 0.542 bits per heavy atom. The minimum atomic E-state index is 0.00690. The first-order valence-electron chi connectivity index (χ1n) is 7.73. The van der Waals surface area contributed by atoms with Crippen LogP contribution in [-0.4, -0.2) is 5.78 Å². The number of nitrogens with two attached hydrogens (primary N) is 2. The Morgan fingerprint density at radius 2 is 0.917 bits per heavy atom. The van der Waals surface area contributed by atoms with E-state index in [-0.39, 0.29) is 5.78 Å². The molecule has 0 unspecified atom stereocenters. The molecule has 0 amide bonds. The summed E-state index contributed by atoms with van der Waals surface area (Å²) in [4.78, 5) is 12.8. The maximum Gasteiger partial charge on any atom is 0.193 e.